The molecule has 0 aliphatic heterocycles. The maximum atomic E-state index is 12.7. The van der Waals surface area contributed by atoms with Gasteiger partial charge < -0.3 is 5.32 Å². The van der Waals surface area contributed by atoms with Crippen molar-refractivity contribution in [1.29, 1.82) is 0 Å². The molecule has 1 amide bonds. The Kier molecular flexibility index (Phi) is 5.08. The smallest absolute Gasteiger partial charge is 0.261 e. The molecular formula is C20H16N4O3S2. The van der Waals surface area contributed by atoms with Crippen LogP contribution in [0.15, 0.2) is 71.1 Å². The van der Waals surface area contributed by atoms with Crippen LogP contribution in [0, 0.1) is 6.92 Å². The number of sulfone groups is 1. The van der Waals surface area contributed by atoms with Crippen LogP contribution in [0.4, 0.5) is 0 Å². The van der Waals surface area contributed by atoms with Crippen molar-refractivity contribution in [1.82, 2.24) is 20.3 Å². The Morgan fingerprint density at radius 2 is 1.86 bits per heavy atom. The SMILES string of the molecule is Cc1cncc(S(=O)(=O)c2ccc(CNC(=O)c3cc4ccncc4s3)cc2)n1. The summed E-state index contributed by atoms with van der Waals surface area (Å²) in [5.41, 5.74) is 1.32. The molecular weight excluding hydrogens is 408 g/mol. The van der Waals surface area contributed by atoms with E-state index in [9.17, 15) is 13.2 Å². The molecule has 0 saturated heterocycles. The molecule has 146 valence electrons. The van der Waals surface area contributed by atoms with Crippen LogP contribution in [0.2, 0.25) is 0 Å². The van der Waals surface area contributed by atoms with E-state index in [1.807, 2.05) is 12.1 Å². The number of thiophene rings is 1. The normalized spacial score (nSPS) is 11.5. The van der Waals surface area contributed by atoms with Gasteiger partial charge in [0.05, 0.1) is 26.4 Å². The van der Waals surface area contributed by atoms with Gasteiger partial charge in [0.15, 0.2) is 5.03 Å². The standard InChI is InChI=1S/C20H16N4O3S2/c1-13-9-22-12-19(24-13)29(26,27)16-4-2-14(3-5-16)10-23-20(25)17-8-15-6-7-21-11-18(15)28-17/h2-9,11-12H,10H2,1H3,(H,23,25). The number of hydrogen-bond donors (Lipinski definition) is 1. The van der Waals surface area contributed by atoms with E-state index in [0.717, 1.165) is 15.6 Å². The first-order valence-electron chi connectivity index (χ1n) is 8.68. The Labute approximate surface area is 171 Å². The molecule has 0 unspecified atom stereocenters. The number of rotatable bonds is 5. The first kappa shape index (κ1) is 19.2. The van der Waals surface area contributed by atoms with Crippen molar-refractivity contribution in [2.24, 2.45) is 0 Å². The van der Waals surface area contributed by atoms with Gasteiger partial charge in [-0.25, -0.2) is 13.4 Å². The third-order valence-corrected chi connectivity index (χ3v) is 6.97. The highest BCUT2D eigenvalue weighted by molar-refractivity contribution is 7.91. The van der Waals surface area contributed by atoms with Crippen LogP contribution in [-0.4, -0.2) is 29.3 Å². The lowest BCUT2D eigenvalue weighted by atomic mass is 10.2. The van der Waals surface area contributed by atoms with Crippen LogP contribution < -0.4 is 5.32 Å². The number of carbonyl (C=O) groups is 1. The number of aryl methyl sites for hydroxylation is 1. The average Bonchev–Trinajstić information content (AvgIpc) is 3.17. The predicted octanol–water partition coefficient (Wildman–Crippen LogP) is 3.16. The van der Waals surface area contributed by atoms with Crippen molar-refractivity contribution in [3.63, 3.8) is 0 Å². The molecule has 0 atom stereocenters. The molecule has 1 N–H and O–H groups in total. The fourth-order valence-electron chi connectivity index (χ4n) is 2.74. The third-order valence-electron chi connectivity index (χ3n) is 4.24. The van der Waals surface area contributed by atoms with Crippen LogP contribution in [0.1, 0.15) is 20.9 Å². The van der Waals surface area contributed by atoms with E-state index in [1.54, 1.807) is 31.5 Å². The summed E-state index contributed by atoms with van der Waals surface area (Å²) in [6, 6.07) is 10.0. The van der Waals surface area contributed by atoms with Crippen molar-refractivity contribution in [2.45, 2.75) is 23.4 Å². The predicted molar refractivity (Wildman–Crippen MR) is 109 cm³/mol. The topological polar surface area (TPSA) is 102 Å². The second-order valence-electron chi connectivity index (χ2n) is 6.35. The number of hydrogen-bond acceptors (Lipinski definition) is 7. The average molecular weight is 425 g/mol. The molecule has 4 aromatic rings. The zero-order chi connectivity index (χ0) is 20.4. The van der Waals surface area contributed by atoms with Gasteiger partial charge >= 0.3 is 0 Å². The zero-order valence-electron chi connectivity index (χ0n) is 15.4. The molecule has 0 aliphatic rings. The van der Waals surface area contributed by atoms with Gasteiger partial charge in [0, 0.05) is 25.1 Å². The monoisotopic (exact) mass is 424 g/mol. The van der Waals surface area contributed by atoms with Gasteiger partial charge in [-0.05, 0) is 42.1 Å². The zero-order valence-corrected chi connectivity index (χ0v) is 17.0. The molecule has 4 rings (SSSR count). The van der Waals surface area contributed by atoms with Crippen molar-refractivity contribution >= 4 is 37.2 Å². The molecule has 3 aromatic heterocycles. The molecule has 1 aromatic carbocycles. The van der Waals surface area contributed by atoms with Gasteiger partial charge in [-0.15, -0.1) is 11.3 Å². The summed E-state index contributed by atoms with van der Waals surface area (Å²) in [4.78, 5) is 25.1. The van der Waals surface area contributed by atoms with Gasteiger partial charge in [0.25, 0.3) is 5.91 Å². The Morgan fingerprint density at radius 1 is 1.07 bits per heavy atom. The van der Waals surface area contributed by atoms with E-state index in [0.29, 0.717) is 10.6 Å². The Balaban J connectivity index is 1.46. The van der Waals surface area contributed by atoms with Crippen LogP contribution >= 0.6 is 11.3 Å². The van der Waals surface area contributed by atoms with Crippen molar-refractivity contribution in [2.75, 3.05) is 0 Å². The van der Waals surface area contributed by atoms with E-state index >= 15 is 0 Å². The summed E-state index contributed by atoms with van der Waals surface area (Å²) < 4.78 is 26.3. The highest BCUT2D eigenvalue weighted by Gasteiger charge is 2.19. The summed E-state index contributed by atoms with van der Waals surface area (Å²) in [6.45, 7) is 1.97. The van der Waals surface area contributed by atoms with Gasteiger partial charge in [-0.3, -0.25) is 14.8 Å². The molecule has 0 saturated carbocycles. The molecule has 3 heterocycles. The molecule has 9 heteroatoms. The second-order valence-corrected chi connectivity index (χ2v) is 9.33. The minimum Gasteiger partial charge on any atom is -0.347 e. The van der Waals surface area contributed by atoms with E-state index in [4.69, 9.17) is 0 Å². The molecule has 29 heavy (non-hydrogen) atoms. The van der Waals surface area contributed by atoms with Gasteiger partial charge in [-0.2, -0.15) is 0 Å². The van der Waals surface area contributed by atoms with Gasteiger partial charge in [-0.1, -0.05) is 12.1 Å². The highest BCUT2D eigenvalue weighted by Crippen LogP contribution is 2.24. The fraction of sp³-hybridized carbons (Fsp3) is 0.100. The maximum absolute atomic E-state index is 12.7. The van der Waals surface area contributed by atoms with E-state index in [1.165, 1.54) is 35.9 Å². The summed E-state index contributed by atoms with van der Waals surface area (Å²) in [6.07, 6.45) is 6.15. The minimum atomic E-state index is -3.73. The fourth-order valence-corrected chi connectivity index (χ4v) is 4.89. The highest BCUT2D eigenvalue weighted by atomic mass is 32.2. The third kappa shape index (κ3) is 4.01. The summed E-state index contributed by atoms with van der Waals surface area (Å²) >= 11 is 1.38. The molecule has 0 bridgehead atoms. The lowest BCUT2D eigenvalue weighted by Gasteiger charge is -2.07. The summed E-state index contributed by atoms with van der Waals surface area (Å²) in [5, 5.41) is 3.74. The number of carbonyl (C=O) groups excluding carboxylic acids is 1. The molecule has 0 radical (unpaired) electrons. The quantitative estimate of drug-likeness (QED) is 0.528. The van der Waals surface area contributed by atoms with Crippen LogP contribution in [0.3, 0.4) is 0 Å². The number of nitrogens with one attached hydrogen (secondary N) is 1. The Morgan fingerprint density at radius 3 is 2.59 bits per heavy atom. The second kappa shape index (κ2) is 7.69. The van der Waals surface area contributed by atoms with Crippen molar-refractivity contribution in [3.05, 3.63) is 77.3 Å². The van der Waals surface area contributed by atoms with E-state index < -0.39 is 9.84 Å². The summed E-state index contributed by atoms with van der Waals surface area (Å²) in [5.74, 6) is -0.182. The number of amides is 1. The van der Waals surface area contributed by atoms with Gasteiger partial charge in [0.2, 0.25) is 9.84 Å². The molecule has 0 spiro atoms. The van der Waals surface area contributed by atoms with Crippen molar-refractivity contribution in [3.8, 4) is 0 Å². The van der Waals surface area contributed by atoms with Crippen molar-refractivity contribution < 1.29 is 13.2 Å². The Bertz CT molecular complexity index is 1270. The number of fused-ring (bicyclic) bond motifs is 1. The minimum absolute atomic E-state index is 0.0854. The molecule has 0 fully saturated rings. The lowest BCUT2D eigenvalue weighted by molar-refractivity contribution is 0.0955. The van der Waals surface area contributed by atoms with E-state index in [-0.39, 0.29) is 22.4 Å². The number of aromatic nitrogens is 3. The number of nitrogens with zero attached hydrogens (tertiary/aromatic N) is 3. The van der Waals surface area contributed by atoms with Crippen LogP contribution in [0.25, 0.3) is 10.1 Å². The van der Waals surface area contributed by atoms with E-state index in [2.05, 4.69) is 20.3 Å². The molecule has 0 aliphatic carbocycles. The van der Waals surface area contributed by atoms with Gasteiger partial charge in [0.1, 0.15) is 0 Å². The number of benzene rings is 1. The first-order valence-corrected chi connectivity index (χ1v) is 11.0. The molecule has 7 nitrogen and oxygen atoms in total. The van der Waals surface area contributed by atoms with Crippen LogP contribution in [0.5, 0.6) is 0 Å². The number of pyridine rings is 1. The van der Waals surface area contributed by atoms with Crippen LogP contribution in [-0.2, 0) is 16.4 Å². The lowest BCUT2D eigenvalue weighted by Crippen LogP contribution is -2.21. The first-order chi connectivity index (χ1) is 13.9. The maximum Gasteiger partial charge on any atom is 0.261 e. The largest absolute Gasteiger partial charge is 0.347 e. The Hall–Kier alpha value is -3.17. The summed E-state index contributed by atoms with van der Waals surface area (Å²) in [7, 11) is -3.73.